The lowest BCUT2D eigenvalue weighted by Gasteiger charge is -2.25. The molecule has 3 amide bonds. The SMILES string of the molecule is O=C1CN(C(=O)c2ccc(C(=O)O)nc2)CC(=O)N1. The molecule has 1 fully saturated rings. The van der Waals surface area contributed by atoms with Crippen LogP contribution in [0.15, 0.2) is 18.3 Å². The number of piperazine rings is 1. The number of carboxylic acid groups (broad SMARTS) is 1. The van der Waals surface area contributed by atoms with Gasteiger partial charge in [0.2, 0.25) is 11.8 Å². The molecule has 2 rings (SSSR count). The van der Waals surface area contributed by atoms with Crippen LogP contribution in [0.1, 0.15) is 20.8 Å². The number of aromatic nitrogens is 1. The Labute approximate surface area is 107 Å². The van der Waals surface area contributed by atoms with E-state index in [0.717, 1.165) is 11.1 Å². The van der Waals surface area contributed by atoms with Gasteiger partial charge in [0, 0.05) is 6.20 Å². The summed E-state index contributed by atoms with van der Waals surface area (Å²) in [5.41, 5.74) is -0.0727. The molecule has 0 aromatic carbocycles. The second kappa shape index (κ2) is 4.84. The van der Waals surface area contributed by atoms with Crippen molar-refractivity contribution in [2.24, 2.45) is 0 Å². The van der Waals surface area contributed by atoms with Crippen LogP contribution in [0.3, 0.4) is 0 Å². The summed E-state index contributed by atoms with van der Waals surface area (Å²) in [5.74, 6) is -2.86. The van der Waals surface area contributed by atoms with E-state index in [-0.39, 0.29) is 24.3 Å². The number of pyridine rings is 1. The first-order valence-corrected chi connectivity index (χ1v) is 5.28. The molecular weight excluding hydrogens is 254 g/mol. The van der Waals surface area contributed by atoms with Crippen LogP contribution in [0, 0.1) is 0 Å². The highest BCUT2D eigenvalue weighted by atomic mass is 16.4. The zero-order chi connectivity index (χ0) is 14.0. The lowest BCUT2D eigenvalue weighted by molar-refractivity contribution is -0.135. The Morgan fingerprint density at radius 2 is 1.84 bits per heavy atom. The molecule has 2 heterocycles. The number of imide groups is 1. The third kappa shape index (κ3) is 2.73. The fraction of sp³-hybridized carbons (Fsp3) is 0.182. The topological polar surface area (TPSA) is 117 Å². The van der Waals surface area contributed by atoms with Crippen LogP contribution in [0.25, 0.3) is 0 Å². The molecule has 2 N–H and O–H groups in total. The Kier molecular flexibility index (Phi) is 3.23. The summed E-state index contributed by atoms with van der Waals surface area (Å²) in [6.07, 6.45) is 1.10. The first-order valence-electron chi connectivity index (χ1n) is 5.28. The number of carboxylic acids is 1. The third-order valence-electron chi connectivity index (χ3n) is 2.46. The zero-order valence-corrected chi connectivity index (χ0v) is 9.62. The first-order chi connectivity index (χ1) is 8.97. The van der Waals surface area contributed by atoms with Crippen LogP contribution in [0.5, 0.6) is 0 Å². The molecule has 0 bridgehead atoms. The fourth-order valence-corrected chi connectivity index (χ4v) is 1.61. The molecule has 1 saturated heterocycles. The quantitative estimate of drug-likeness (QED) is 0.653. The van der Waals surface area contributed by atoms with Gasteiger partial charge < -0.3 is 10.0 Å². The van der Waals surface area contributed by atoms with E-state index in [2.05, 4.69) is 10.3 Å². The van der Waals surface area contributed by atoms with Gasteiger partial charge in [-0.2, -0.15) is 0 Å². The van der Waals surface area contributed by atoms with Crippen LogP contribution >= 0.6 is 0 Å². The maximum Gasteiger partial charge on any atom is 0.354 e. The molecule has 0 saturated carbocycles. The summed E-state index contributed by atoms with van der Waals surface area (Å²) < 4.78 is 0. The number of carbonyl (C=O) groups excluding carboxylic acids is 3. The summed E-state index contributed by atoms with van der Waals surface area (Å²) in [6.45, 7) is -0.434. The van der Waals surface area contributed by atoms with Gasteiger partial charge in [0.15, 0.2) is 0 Å². The highest BCUT2D eigenvalue weighted by molar-refractivity contribution is 6.05. The standard InChI is InChI=1S/C11H9N3O5/c15-8-4-14(5-9(16)13-8)10(17)6-1-2-7(11(18)19)12-3-6/h1-3H,4-5H2,(H,18,19)(H,13,15,16). The van der Waals surface area contributed by atoms with Gasteiger partial charge >= 0.3 is 5.97 Å². The minimum absolute atomic E-state index is 0.118. The lowest BCUT2D eigenvalue weighted by atomic mass is 10.2. The number of nitrogens with one attached hydrogen (secondary N) is 1. The largest absolute Gasteiger partial charge is 0.477 e. The van der Waals surface area contributed by atoms with Gasteiger partial charge in [-0.1, -0.05) is 0 Å². The van der Waals surface area contributed by atoms with Crippen molar-refractivity contribution in [1.82, 2.24) is 15.2 Å². The molecular formula is C11H9N3O5. The van der Waals surface area contributed by atoms with Crippen LogP contribution in [0.4, 0.5) is 0 Å². The van der Waals surface area contributed by atoms with Crippen molar-refractivity contribution in [1.29, 1.82) is 0 Å². The van der Waals surface area contributed by atoms with Gasteiger partial charge in [-0.15, -0.1) is 0 Å². The molecule has 1 aromatic rings. The summed E-state index contributed by atoms with van der Waals surface area (Å²) in [6, 6.07) is 2.47. The van der Waals surface area contributed by atoms with Gasteiger partial charge in [-0.3, -0.25) is 19.7 Å². The molecule has 1 aliphatic heterocycles. The molecule has 0 spiro atoms. The van der Waals surface area contributed by atoms with E-state index in [9.17, 15) is 19.2 Å². The predicted octanol–water partition coefficient (Wildman–Crippen LogP) is -1.12. The number of carbonyl (C=O) groups is 4. The molecule has 98 valence electrons. The van der Waals surface area contributed by atoms with Crippen molar-refractivity contribution in [3.05, 3.63) is 29.6 Å². The molecule has 0 radical (unpaired) electrons. The minimum atomic E-state index is -1.20. The fourth-order valence-electron chi connectivity index (χ4n) is 1.61. The van der Waals surface area contributed by atoms with Crippen molar-refractivity contribution in [2.75, 3.05) is 13.1 Å². The Hall–Kier alpha value is -2.77. The van der Waals surface area contributed by atoms with Crippen LogP contribution < -0.4 is 5.32 Å². The number of hydrogen-bond donors (Lipinski definition) is 2. The van der Waals surface area contributed by atoms with Crippen molar-refractivity contribution in [3.8, 4) is 0 Å². The van der Waals surface area contributed by atoms with Gasteiger partial charge in [-0.05, 0) is 12.1 Å². The van der Waals surface area contributed by atoms with Crippen molar-refractivity contribution in [3.63, 3.8) is 0 Å². The smallest absolute Gasteiger partial charge is 0.354 e. The average molecular weight is 263 g/mol. The van der Waals surface area contributed by atoms with E-state index in [1.54, 1.807) is 0 Å². The molecule has 0 aliphatic carbocycles. The second-order valence-corrected chi connectivity index (χ2v) is 3.87. The monoisotopic (exact) mass is 263 g/mol. The normalized spacial score (nSPS) is 15.1. The number of amides is 3. The molecule has 19 heavy (non-hydrogen) atoms. The molecule has 1 aliphatic rings. The van der Waals surface area contributed by atoms with Crippen LogP contribution in [0.2, 0.25) is 0 Å². The third-order valence-corrected chi connectivity index (χ3v) is 2.46. The summed E-state index contributed by atoms with van der Waals surface area (Å²) in [5, 5.41) is 10.8. The average Bonchev–Trinajstić information content (AvgIpc) is 2.37. The Balaban J connectivity index is 2.17. The Bertz CT molecular complexity index is 550. The van der Waals surface area contributed by atoms with Gasteiger partial charge in [0.25, 0.3) is 5.91 Å². The van der Waals surface area contributed by atoms with E-state index in [1.165, 1.54) is 12.1 Å². The Morgan fingerprint density at radius 1 is 1.21 bits per heavy atom. The molecule has 0 atom stereocenters. The number of nitrogens with zero attached hydrogens (tertiary/aromatic N) is 2. The number of aromatic carboxylic acids is 1. The summed E-state index contributed by atoms with van der Waals surface area (Å²) in [4.78, 5) is 49.5. The maximum absolute atomic E-state index is 12.0. The summed E-state index contributed by atoms with van der Waals surface area (Å²) >= 11 is 0. The number of hydrogen-bond acceptors (Lipinski definition) is 5. The highest BCUT2D eigenvalue weighted by Gasteiger charge is 2.27. The van der Waals surface area contributed by atoms with Crippen molar-refractivity contribution < 1.29 is 24.3 Å². The molecule has 8 heteroatoms. The minimum Gasteiger partial charge on any atom is -0.477 e. The van der Waals surface area contributed by atoms with E-state index < -0.39 is 23.7 Å². The highest BCUT2D eigenvalue weighted by Crippen LogP contribution is 2.07. The summed E-state index contributed by atoms with van der Waals surface area (Å²) in [7, 11) is 0. The van der Waals surface area contributed by atoms with Crippen molar-refractivity contribution >= 4 is 23.7 Å². The van der Waals surface area contributed by atoms with Crippen LogP contribution in [-0.2, 0) is 9.59 Å². The van der Waals surface area contributed by atoms with Crippen LogP contribution in [-0.4, -0.2) is 51.8 Å². The molecule has 8 nitrogen and oxygen atoms in total. The van der Waals surface area contributed by atoms with Gasteiger partial charge in [0.05, 0.1) is 5.56 Å². The van der Waals surface area contributed by atoms with Gasteiger partial charge in [-0.25, -0.2) is 9.78 Å². The van der Waals surface area contributed by atoms with E-state index in [4.69, 9.17) is 5.11 Å². The number of rotatable bonds is 2. The second-order valence-electron chi connectivity index (χ2n) is 3.87. The van der Waals surface area contributed by atoms with E-state index >= 15 is 0 Å². The van der Waals surface area contributed by atoms with E-state index in [0.29, 0.717) is 0 Å². The Morgan fingerprint density at radius 3 is 2.32 bits per heavy atom. The molecule has 1 aromatic heterocycles. The molecule has 0 unspecified atom stereocenters. The maximum atomic E-state index is 12.0. The predicted molar refractivity (Wildman–Crippen MR) is 60.2 cm³/mol. The van der Waals surface area contributed by atoms with E-state index in [1.807, 2.05) is 0 Å². The zero-order valence-electron chi connectivity index (χ0n) is 9.62. The van der Waals surface area contributed by atoms with Crippen molar-refractivity contribution in [2.45, 2.75) is 0 Å². The first kappa shape index (κ1) is 12.7. The van der Waals surface area contributed by atoms with Gasteiger partial charge in [0.1, 0.15) is 18.8 Å². The lowest BCUT2D eigenvalue weighted by Crippen LogP contribution is -2.53.